The van der Waals surface area contributed by atoms with Crippen LogP contribution in [0, 0.1) is 13.8 Å². The molecule has 2 aromatic rings. The molecule has 0 radical (unpaired) electrons. The zero-order valence-electron chi connectivity index (χ0n) is 12.8. The van der Waals surface area contributed by atoms with E-state index in [1.807, 2.05) is 38.1 Å². The SMILES string of the molecule is Cc1ccc(C(=O)c2nc3c(cc2C)CCCCC3)cc1. The Hall–Kier alpha value is -1.96. The number of aryl methyl sites for hydroxylation is 4. The Morgan fingerprint density at radius 3 is 2.48 bits per heavy atom. The smallest absolute Gasteiger partial charge is 0.211 e. The molecule has 108 valence electrons. The van der Waals surface area contributed by atoms with Gasteiger partial charge in [0.05, 0.1) is 0 Å². The molecule has 1 aromatic heterocycles. The van der Waals surface area contributed by atoms with Gasteiger partial charge in [-0.1, -0.05) is 42.3 Å². The van der Waals surface area contributed by atoms with Crippen LogP contribution in [0.25, 0.3) is 0 Å². The third kappa shape index (κ3) is 2.90. The van der Waals surface area contributed by atoms with Crippen molar-refractivity contribution in [3.63, 3.8) is 0 Å². The van der Waals surface area contributed by atoms with Gasteiger partial charge in [0.2, 0.25) is 5.78 Å². The number of fused-ring (bicyclic) bond motifs is 1. The monoisotopic (exact) mass is 279 g/mol. The molecule has 0 fully saturated rings. The van der Waals surface area contributed by atoms with Crippen molar-refractivity contribution in [3.8, 4) is 0 Å². The Morgan fingerprint density at radius 1 is 1.00 bits per heavy atom. The minimum absolute atomic E-state index is 0.0412. The van der Waals surface area contributed by atoms with Gasteiger partial charge in [0.25, 0.3) is 0 Å². The summed E-state index contributed by atoms with van der Waals surface area (Å²) in [5.41, 5.74) is 5.99. The second kappa shape index (κ2) is 5.80. The van der Waals surface area contributed by atoms with Crippen molar-refractivity contribution in [1.82, 2.24) is 4.98 Å². The molecule has 0 amide bonds. The molecule has 0 bridgehead atoms. The molecule has 2 nitrogen and oxygen atoms in total. The summed E-state index contributed by atoms with van der Waals surface area (Å²) in [6.07, 6.45) is 5.78. The Balaban J connectivity index is 2.00. The van der Waals surface area contributed by atoms with Crippen LogP contribution in [-0.2, 0) is 12.8 Å². The average molecular weight is 279 g/mol. The number of rotatable bonds is 2. The van der Waals surface area contributed by atoms with Crippen molar-refractivity contribution in [2.45, 2.75) is 46.0 Å². The zero-order valence-corrected chi connectivity index (χ0v) is 12.8. The standard InChI is InChI=1S/C19H21NO/c1-13-8-10-15(11-9-13)19(21)18-14(2)12-16-6-4-3-5-7-17(16)20-18/h8-12H,3-7H2,1-2H3. The van der Waals surface area contributed by atoms with Crippen molar-refractivity contribution >= 4 is 5.78 Å². The van der Waals surface area contributed by atoms with Gasteiger partial charge < -0.3 is 0 Å². The molecular formula is C19H21NO. The maximum absolute atomic E-state index is 12.7. The molecule has 0 saturated carbocycles. The molecular weight excluding hydrogens is 258 g/mol. The van der Waals surface area contributed by atoms with Gasteiger partial charge in [0, 0.05) is 11.3 Å². The Morgan fingerprint density at radius 2 is 1.71 bits per heavy atom. The largest absolute Gasteiger partial charge is 0.287 e. The first-order chi connectivity index (χ1) is 10.1. The van der Waals surface area contributed by atoms with Crippen LogP contribution in [0.15, 0.2) is 30.3 Å². The van der Waals surface area contributed by atoms with Gasteiger partial charge >= 0.3 is 0 Å². The van der Waals surface area contributed by atoms with Crippen molar-refractivity contribution in [2.75, 3.05) is 0 Å². The second-order valence-corrected chi connectivity index (χ2v) is 6.02. The predicted octanol–water partition coefficient (Wildman–Crippen LogP) is 4.20. The van der Waals surface area contributed by atoms with Gasteiger partial charge in [-0.2, -0.15) is 0 Å². The zero-order chi connectivity index (χ0) is 14.8. The summed E-state index contributed by atoms with van der Waals surface area (Å²) in [6.45, 7) is 4.03. The summed E-state index contributed by atoms with van der Waals surface area (Å²) in [4.78, 5) is 17.4. The first-order valence-electron chi connectivity index (χ1n) is 7.76. The third-order valence-corrected chi connectivity index (χ3v) is 4.27. The van der Waals surface area contributed by atoms with Crippen molar-refractivity contribution in [1.29, 1.82) is 0 Å². The summed E-state index contributed by atoms with van der Waals surface area (Å²) in [6, 6.07) is 9.92. The van der Waals surface area contributed by atoms with Crippen LogP contribution in [0.4, 0.5) is 0 Å². The molecule has 0 spiro atoms. The van der Waals surface area contributed by atoms with E-state index in [9.17, 15) is 4.79 Å². The molecule has 0 atom stereocenters. The van der Waals surface area contributed by atoms with Crippen molar-refractivity contribution in [2.24, 2.45) is 0 Å². The minimum atomic E-state index is 0.0412. The number of pyridine rings is 1. The minimum Gasteiger partial charge on any atom is -0.287 e. The van der Waals surface area contributed by atoms with Crippen molar-refractivity contribution < 1.29 is 4.79 Å². The molecule has 1 aliphatic rings. The summed E-state index contributed by atoms with van der Waals surface area (Å²) >= 11 is 0. The lowest BCUT2D eigenvalue weighted by Crippen LogP contribution is -2.10. The quantitative estimate of drug-likeness (QED) is 0.609. The van der Waals surface area contributed by atoms with E-state index in [2.05, 4.69) is 6.07 Å². The van der Waals surface area contributed by atoms with Crippen LogP contribution in [0.3, 0.4) is 0 Å². The van der Waals surface area contributed by atoms with Gasteiger partial charge in [0.15, 0.2) is 0 Å². The van der Waals surface area contributed by atoms with Crippen LogP contribution in [-0.4, -0.2) is 10.8 Å². The molecule has 0 N–H and O–H groups in total. The van der Waals surface area contributed by atoms with E-state index in [4.69, 9.17) is 4.98 Å². The van der Waals surface area contributed by atoms with Gasteiger partial charge in [0.1, 0.15) is 5.69 Å². The number of nitrogens with zero attached hydrogens (tertiary/aromatic N) is 1. The van der Waals surface area contributed by atoms with Crippen LogP contribution < -0.4 is 0 Å². The number of aromatic nitrogens is 1. The van der Waals surface area contributed by atoms with E-state index in [0.717, 1.165) is 35.2 Å². The molecule has 0 unspecified atom stereocenters. The Bertz CT molecular complexity index is 671. The average Bonchev–Trinajstić information content (AvgIpc) is 2.71. The fourth-order valence-corrected chi connectivity index (χ4v) is 3.00. The number of hydrogen-bond donors (Lipinski definition) is 0. The summed E-state index contributed by atoms with van der Waals surface area (Å²) in [7, 11) is 0. The second-order valence-electron chi connectivity index (χ2n) is 6.02. The molecule has 1 aromatic carbocycles. The normalized spacial score (nSPS) is 14.4. The van der Waals surface area contributed by atoms with Crippen LogP contribution in [0.5, 0.6) is 0 Å². The summed E-state index contributed by atoms with van der Waals surface area (Å²) in [5.74, 6) is 0.0412. The molecule has 3 rings (SSSR count). The van der Waals surface area contributed by atoms with Gasteiger partial charge in [-0.15, -0.1) is 0 Å². The van der Waals surface area contributed by atoms with Crippen LogP contribution >= 0.6 is 0 Å². The molecule has 1 aliphatic carbocycles. The summed E-state index contributed by atoms with van der Waals surface area (Å²) in [5, 5.41) is 0. The highest BCUT2D eigenvalue weighted by Crippen LogP contribution is 2.23. The lowest BCUT2D eigenvalue weighted by Gasteiger charge is -2.11. The first-order valence-corrected chi connectivity index (χ1v) is 7.76. The van der Waals surface area contributed by atoms with E-state index in [-0.39, 0.29) is 5.78 Å². The lowest BCUT2D eigenvalue weighted by atomic mass is 9.99. The predicted molar refractivity (Wildman–Crippen MR) is 84.8 cm³/mol. The Labute approximate surface area is 126 Å². The highest BCUT2D eigenvalue weighted by molar-refractivity contribution is 6.08. The Kier molecular flexibility index (Phi) is 3.87. The highest BCUT2D eigenvalue weighted by atomic mass is 16.1. The summed E-state index contributed by atoms with van der Waals surface area (Å²) < 4.78 is 0. The fourth-order valence-electron chi connectivity index (χ4n) is 3.00. The fraction of sp³-hybridized carbons (Fsp3) is 0.368. The number of ketones is 1. The molecule has 0 saturated heterocycles. The number of carbonyl (C=O) groups excluding carboxylic acids is 1. The van der Waals surface area contributed by atoms with E-state index >= 15 is 0 Å². The first kappa shape index (κ1) is 14.0. The van der Waals surface area contributed by atoms with Crippen LogP contribution in [0.2, 0.25) is 0 Å². The maximum atomic E-state index is 12.7. The van der Waals surface area contributed by atoms with Gasteiger partial charge in [-0.25, -0.2) is 4.98 Å². The number of carbonyl (C=O) groups is 1. The van der Waals surface area contributed by atoms with Crippen LogP contribution in [0.1, 0.15) is 57.7 Å². The number of hydrogen-bond acceptors (Lipinski definition) is 2. The molecule has 2 heteroatoms. The van der Waals surface area contributed by atoms with E-state index in [1.165, 1.54) is 24.8 Å². The van der Waals surface area contributed by atoms with E-state index in [0.29, 0.717) is 5.69 Å². The third-order valence-electron chi connectivity index (χ3n) is 4.27. The van der Waals surface area contributed by atoms with E-state index < -0.39 is 0 Å². The van der Waals surface area contributed by atoms with Gasteiger partial charge in [-0.3, -0.25) is 4.79 Å². The molecule has 1 heterocycles. The number of benzene rings is 1. The van der Waals surface area contributed by atoms with E-state index in [1.54, 1.807) is 0 Å². The lowest BCUT2D eigenvalue weighted by molar-refractivity contribution is 0.103. The van der Waals surface area contributed by atoms with Gasteiger partial charge in [-0.05, 0) is 50.7 Å². The topological polar surface area (TPSA) is 30.0 Å². The highest BCUT2D eigenvalue weighted by Gasteiger charge is 2.18. The maximum Gasteiger partial charge on any atom is 0.211 e. The molecule has 21 heavy (non-hydrogen) atoms. The van der Waals surface area contributed by atoms with Crippen molar-refractivity contribution in [3.05, 3.63) is 64.0 Å². The molecule has 0 aliphatic heterocycles.